The number of benzene rings is 2. The van der Waals surface area contributed by atoms with Crippen LogP contribution in [0.1, 0.15) is 18.9 Å². The topological polar surface area (TPSA) is 58.6 Å². The lowest BCUT2D eigenvalue weighted by molar-refractivity contribution is -0.121. The first-order valence-corrected chi connectivity index (χ1v) is 7.99. The Morgan fingerprint density at radius 1 is 1.12 bits per heavy atom. The van der Waals surface area contributed by atoms with Crippen LogP contribution in [0.3, 0.4) is 0 Å². The van der Waals surface area contributed by atoms with E-state index in [1.165, 1.54) is 4.90 Å². The molecule has 1 heterocycles. The average Bonchev–Trinajstić information content (AvgIpc) is 2.89. The Bertz CT molecular complexity index is 755. The van der Waals surface area contributed by atoms with Crippen LogP contribution in [0.2, 0.25) is 0 Å². The molecule has 2 amide bonds. The number of rotatable bonds is 5. The number of hydrogen-bond donors (Lipinski definition) is 1. The van der Waals surface area contributed by atoms with E-state index >= 15 is 0 Å². The van der Waals surface area contributed by atoms with Crippen molar-refractivity contribution < 1.29 is 14.3 Å². The third-order valence-corrected chi connectivity index (χ3v) is 4.21. The number of carbonyl (C=O) groups is 2. The Kier molecular flexibility index (Phi) is 4.51. The maximum atomic E-state index is 12.7. The number of aryl methyl sites for hydroxylation is 1. The van der Waals surface area contributed by atoms with Gasteiger partial charge in [-0.2, -0.15) is 0 Å². The molecule has 0 aromatic heterocycles. The minimum absolute atomic E-state index is 0.156. The Morgan fingerprint density at radius 2 is 1.83 bits per heavy atom. The number of anilines is 2. The second kappa shape index (κ2) is 6.74. The molecule has 2 aromatic rings. The van der Waals surface area contributed by atoms with Crippen molar-refractivity contribution in [2.75, 3.05) is 17.3 Å². The standard InChI is InChI=1S/C19H20N2O3/c1-3-13-6-4-5-7-16(13)20-17-12-18(22)21(19(17)23)14-8-10-15(24-2)11-9-14/h4-11,17,20H,3,12H2,1-2H3/t17-/m1/s1. The highest BCUT2D eigenvalue weighted by Crippen LogP contribution is 2.27. The fourth-order valence-electron chi connectivity index (χ4n) is 2.90. The van der Waals surface area contributed by atoms with Crippen molar-refractivity contribution in [3.8, 4) is 5.75 Å². The van der Waals surface area contributed by atoms with E-state index in [0.29, 0.717) is 11.4 Å². The molecule has 1 saturated heterocycles. The summed E-state index contributed by atoms with van der Waals surface area (Å²) in [6.07, 6.45) is 1.02. The molecule has 1 atom stereocenters. The van der Waals surface area contributed by atoms with Crippen molar-refractivity contribution in [3.05, 3.63) is 54.1 Å². The van der Waals surface area contributed by atoms with Gasteiger partial charge in [-0.15, -0.1) is 0 Å². The van der Waals surface area contributed by atoms with Gasteiger partial charge < -0.3 is 10.1 Å². The highest BCUT2D eigenvalue weighted by Gasteiger charge is 2.39. The fraction of sp³-hybridized carbons (Fsp3) is 0.263. The molecule has 5 nitrogen and oxygen atoms in total. The Balaban J connectivity index is 1.80. The summed E-state index contributed by atoms with van der Waals surface area (Å²) < 4.78 is 5.11. The first-order chi connectivity index (χ1) is 11.6. The largest absolute Gasteiger partial charge is 0.497 e. The predicted octanol–water partition coefficient (Wildman–Crippen LogP) is 3.00. The first kappa shape index (κ1) is 16.1. The summed E-state index contributed by atoms with van der Waals surface area (Å²) >= 11 is 0. The van der Waals surface area contributed by atoms with Gasteiger partial charge in [0.25, 0.3) is 5.91 Å². The molecular formula is C19H20N2O3. The number of imide groups is 1. The normalized spacial score (nSPS) is 17.2. The number of methoxy groups -OCH3 is 1. The van der Waals surface area contributed by atoms with Crippen LogP contribution in [0.5, 0.6) is 5.75 Å². The maximum absolute atomic E-state index is 12.7. The van der Waals surface area contributed by atoms with Gasteiger partial charge in [0.05, 0.1) is 19.2 Å². The summed E-state index contributed by atoms with van der Waals surface area (Å²) in [7, 11) is 1.58. The van der Waals surface area contributed by atoms with Crippen LogP contribution >= 0.6 is 0 Å². The van der Waals surface area contributed by atoms with Crippen molar-refractivity contribution in [2.45, 2.75) is 25.8 Å². The molecule has 0 radical (unpaired) electrons. The van der Waals surface area contributed by atoms with E-state index in [4.69, 9.17) is 4.74 Å². The highest BCUT2D eigenvalue weighted by molar-refractivity contribution is 6.23. The van der Waals surface area contributed by atoms with Gasteiger partial charge in [-0.05, 0) is 42.3 Å². The quantitative estimate of drug-likeness (QED) is 0.859. The fourth-order valence-corrected chi connectivity index (χ4v) is 2.90. The van der Waals surface area contributed by atoms with Crippen molar-refractivity contribution in [1.29, 1.82) is 0 Å². The third kappa shape index (κ3) is 2.97. The Labute approximate surface area is 141 Å². The zero-order valence-electron chi connectivity index (χ0n) is 13.8. The second-order valence-electron chi connectivity index (χ2n) is 5.68. The van der Waals surface area contributed by atoms with Crippen molar-refractivity contribution in [3.63, 3.8) is 0 Å². The number of para-hydroxylation sites is 1. The molecule has 1 N–H and O–H groups in total. The van der Waals surface area contributed by atoms with Crippen LogP contribution in [0.25, 0.3) is 0 Å². The van der Waals surface area contributed by atoms with E-state index in [1.807, 2.05) is 24.3 Å². The smallest absolute Gasteiger partial charge is 0.256 e. The minimum Gasteiger partial charge on any atom is -0.497 e. The summed E-state index contributed by atoms with van der Waals surface area (Å²) in [4.78, 5) is 26.3. The van der Waals surface area contributed by atoms with Crippen LogP contribution in [0.15, 0.2) is 48.5 Å². The number of hydrogen-bond acceptors (Lipinski definition) is 4. The maximum Gasteiger partial charge on any atom is 0.256 e. The highest BCUT2D eigenvalue weighted by atomic mass is 16.5. The molecule has 0 saturated carbocycles. The van der Waals surface area contributed by atoms with E-state index in [0.717, 1.165) is 17.7 Å². The summed E-state index contributed by atoms with van der Waals surface area (Å²) in [5, 5.41) is 3.23. The molecule has 1 fully saturated rings. The van der Waals surface area contributed by atoms with Gasteiger partial charge >= 0.3 is 0 Å². The molecule has 1 aliphatic rings. The average molecular weight is 324 g/mol. The number of ether oxygens (including phenoxy) is 1. The zero-order chi connectivity index (χ0) is 17.1. The minimum atomic E-state index is -0.535. The number of carbonyl (C=O) groups excluding carboxylic acids is 2. The van der Waals surface area contributed by atoms with E-state index < -0.39 is 6.04 Å². The predicted molar refractivity (Wildman–Crippen MR) is 93.3 cm³/mol. The van der Waals surface area contributed by atoms with E-state index in [1.54, 1.807) is 31.4 Å². The van der Waals surface area contributed by atoms with Crippen LogP contribution < -0.4 is 15.0 Å². The SMILES string of the molecule is CCc1ccccc1N[C@@H]1CC(=O)N(c2ccc(OC)cc2)C1=O. The Morgan fingerprint density at radius 3 is 2.50 bits per heavy atom. The monoisotopic (exact) mass is 324 g/mol. The molecule has 0 bridgehead atoms. The van der Waals surface area contributed by atoms with Gasteiger partial charge in [0.2, 0.25) is 5.91 Å². The molecule has 24 heavy (non-hydrogen) atoms. The van der Waals surface area contributed by atoms with Crippen molar-refractivity contribution in [1.82, 2.24) is 0 Å². The van der Waals surface area contributed by atoms with Crippen LogP contribution in [-0.4, -0.2) is 25.0 Å². The van der Waals surface area contributed by atoms with Gasteiger partial charge in [-0.1, -0.05) is 25.1 Å². The van der Waals surface area contributed by atoms with Gasteiger partial charge in [-0.3, -0.25) is 9.59 Å². The molecule has 3 rings (SSSR count). The molecule has 0 unspecified atom stereocenters. The molecule has 5 heteroatoms. The zero-order valence-corrected chi connectivity index (χ0v) is 13.8. The van der Waals surface area contributed by atoms with E-state index in [-0.39, 0.29) is 18.2 Å². The van der Waals surface area contributed by atoms with Gasteiger partial charge in [0.1, 0.15) is 11.8 Å². The molecule has 2 aromatic carbocycles. The Hall–Kier alpha value is -2.82. The molecule has 1 aliphatic heterocycles. The molecular weight excluding hydrogens is 304 g/mol. The lowest BCUT2D eigenvalue weighted by atomic mass is 10.1. The van der Waals surface area contributed by atoms with Crippen LogP contribution in [0, 0.1) is 0 Å². The first-order valence-electron chi connectivity index (χ1n) is 7.99. The second-order valence-corrected chi connectivity index (χ2v) is 5.68. The summed E-state index contributed by atoms with van der Waals surface area (Å²) in [6.45, 7) is 2.06. The van der Waals surface area contributed by atoms with Crippen LogP contribution in [-0.2, 0) is 16.0 Å². The van der Waals surface area contributed by atoms with Gasteiger partial charge in [-0.25, -0.2) is 4.90 Å². The van der Waals surface area contributed by atoms with Crippen molar-refractivity contribution >= 4 is 23.2 Å². The summed E-state index contributed by atoms with van der Waals surface area (Å²) in [5.74, 6) is 0.261. The van der Waals surface area contributed by atoms with E-state index in [9.17, 15) is 9.59 Å². The van der Waals surface area contributed by atoms with Crippen molar-refractivity contribution in [2.24, 2.45) is 0 Å². The van der Waals surface area contributed by atoms with E-state index in [2.05, 4.69) is 12.2 Å². The number of nitrogens with zero attached hydrogens (tertiary/aromatic N) is 1. The van der Waals surface area contributed by atoms with Crippen LogP contribution in [0.4, 0.5) is 11.4 Å². The lowest BCUT2D eigenvalue weighted by Gasteiger charge is -2.17. The molecule has 124 valence electrons. The summed E-state index contributed by atoms with van der Waals surface area (Å²) in [6, 6.07) is 14.2. The summed E-state index contributed by atoms with van der Waals surface area (Å²) in [5.41, 5.74) is 2.60. The third-order valence-electron chi connectivity index (χ3n) is 4.21. The van der Waals surface area contributed by atoms with Gasteiger partial charge in [0.15, 0.2) is 0 Å². The molecule has 0 spiro atoms. The number of amides is 2. The lowest BCUT2D eigenvalue weighted by Crippen LogP contribution is -2.34. The molecule has 0 aliphatic carbocycles. The van der Waals surface area contributed by atoms with Gasteiger partial charge in [0, 0.05) is 5.69 Å². The number of nitrogens with one attached hydrogen (secondary N) is 1.